The molecule has 0 radical (unpaired) electrons. The molecule has 0 spiro atoms. The van der Waals surface area contributed by atoms with Gasteiger partial charge in [-0.2, -0.15) is 0 Å². The van der Waals surface area contributed by atoms with Crippen LogP contribution in [0.2, 0.25) is 0 Å². The molecule has 7 heteroatoms. The van der Waals surface area contributed by atoms with Crippen LogP contribution >= 0.6 is 0 Å². The highest BCUT2D eigenvalue weighted by molar-refractivity contribution is 5.92. The summed E-state index contributed by atoms with van der Waals surface area (Å²) >= 11 is 0. The third kappa shape index (κ3) is 5.57. The molecule has 4 rings (SSSR count). The summed E-state index contributed by atoms with van der Waals surface area (Å²) in [5.74, 6) is 1.96. The van der Waals surface area contributed by atoms with Crippen molar-refractivity contribution in [3.8, 4) is 11.5 Å². The molecule has 0 atom stereocenters. The van der Waals surface area contributed by atoms with Gasteiger partial charge in [0.25, 0.3) is 0 Å². The molecule has 0 unspecified atom stereocenters. The molecule has 2 heterocycles. The van der Waals surface area contributed by atoms with E-state index in [9.17, 15) is 0 Å². The van der Waals surface area contributed by atoms with Crippen LogP contribution in [0.5, 0.6) is 11.5 Å². The standard InChI is InChI=1S/C23H31N5O2/c24-23(26-19-8-9-21-22(18-19)30-17-5-16-29-21)25-10-4-11-27-12-14-28(15-13-27)20-6-2-1-3-7-20/h1-3,6-9,18H,4-5,10-17H2,(H3,24,25,26). The van der Waals surface area contributed by atoms with E-state index >= 15 is 0 Å². The van der Waals surface area contributed by atoms with Gasteiger partial charge in [0.1, 0.15) is 0 Å². The second-order valence-electron chi connectivity index (χ2n) is 7.62. The van der Waals surface area contributed by atoms with Gasteiger partial charge in [0.2, 0.25) is 0 Å². The van der Waals surface area contributed by atoms with Crippen molar-refractivity contribution in [2.24, 2.45) is 10.7 Å². The first-order valence-electron chi connectivity index (χ1n) is 10.8. The number of hydrogen-bond donors (Lipinski definition) is 2. The highest BCUT2D eigenvalue weighted by atomic mass is 16.5. The number of ether oxygens (including phenoxy) is 2. The molecular formula is C23H31N5O2. The van der Waals surface area contributed by atoms with Crippen LogP contribution in [-0.2, 0) is 0 Å². The van der Waals surface area contributed by atoms with Crippen molar-refractivity contribution in [2.75, 3.05) is 62.7 Å². The Morgan fingerprint density at radius 3 is 2.53 bits per heavy atom. The molecule has 1 fully saturated rings. The van der Waals surface area contributed by atoms with Gasteiger partial charge in [0, 0.05) is 63.1 Å². The van der Waals surface area contributed by atoms with Crippen LogP contribution in [-0.4, -0.2) is 63.3 Å². The minimum Gasteiger partial charge on any atom is -0.490 e. The minimum absolute atomic E-state index is 0.429. The Bertz CT molecular complexity index is 835. The van der Waals surface area contributed by atoms with E-state index in [1.807, 2.05) is 18.2 Å². The summed E-state index contributed by atoms with van der Waals surface area (Å²) in [5.41, 5.74) is 8.24. The largest absolute Gasteiger partial charge is 0.490 e. The second kappa shape index (κ2) is 10.2. The number of nitrogens with one attached hydrogen (secondary N) is 1. The van der Waals surface area contributed by atoms with Crippen LogP contribution in [0, 0.1) is 0 Å². The molecule has 7 nitrogen and oxygen atoms in total. The summed E-state index contributed by atoms with van der Waals surface area (Å²) in [6.07, 6.45) is 1.89. The fraction of sp³-hybridized carbons (Fsp3) is 0.435. The Morgan fingerprint density at radius 2 is 1.73 bits per heavy atom. The average Bonchev–Trinajstić information content (AvgIpc) is 3.03. The molecule has 2 aromatic rings. The lowest BCUT2D eigenvalue weighted by atomic mass is 10.2. The first-order chi connectivity index (χ1) is 14.8. The van der Waals surface area contributed by atoms with Crippen LogP contribution in [0.3, 0.4) is 0 Å². The smallest absolute Gasteiger partial charge is 0.193 e. The number of guanidine groups is 1. The highest BCUT2D eigenvalue weighted by Gasteiger charge is 2.16. The molecule has 2 aliphatic heterocycles. The normalized spacial score (nSPS) is 17.5. The number of benzene rings is 2. The highest BCUT2D eigenvalue weighted by Crippen LogP contribution is 2.32. The lowest BCUT2D eigenvalue weighted by Gasteiger charge is -2.36. The summed E-state index contributed by atoms with van der Waals surface area (Å²) in [6, 6.07) is 16.4. The molecule has 3 N–H and O–H groups in total. The number of anilines is 2. The summed E-state index contributed by atoms with van der Waals surface area (Å²) in [4.78, 5) is 9.42. The van der Waals surface area contributed by atoms with Gasteiger partial charge >= 0.3 is 0 Å². The molecule has 0 amide bonds. The van der Waals surface area contributed by atoms with Crippen molar-refractivity contribution in [1.29, 1.82) is 0 Å². The van der Waals surface area contributed by atoms with Crippen molar-refractivity contribution in [3.63, 3.8) is 0 Å². The molecule has 0 aromatic heterocycles. The molecular weight excluding hydrogens is 378 g/mol. The van der Waals surface area contributed by atoms with E-state index in [1.54, 1.807) is 0 Å². The maximum atomic E-state index is 6.06. The van der Waals surface area contributed by atoms with Crippen molar-refractivity contribution in [3.05, 3.63) is 48.5 Å². The number of piperazine rings is 1. The van der Waals surface area contributed by atoms with E-state index in [2.05, 4.69) is 50.4 Å². The van der Waals surface area contributed by atoms with Crippen LogP contribution in [0.15, 0.2) is 53.5 Å². The summed E-state index contributed by atoms with van der Waals surface area (Å²) in [7, 11) is 0. The van der Waals surface area contributed by atoms with Crippen LogP contribution in [0.25, 0.3) is 0 Å². The van der Waals surface area contributed by atoms with Crippen molar-refractivity contribution < 1.29 is 9.47 Å². The van der Waals surface area contributed by atoms with Crippen molar-refractivity contribution in [1.82, 2.24) is 4.90 Å². The quantitative estimate of drug-likeness (QED) is 0.434. The van der Waals surface area contributed by atoms with E-state index in [0.29, 0.717) is 25.7 Å². The van der Waals surface area contributed by atoms with E-state index in [-0.39, 0.29) is 0 Å². The first-order valence-corrected chi connectivity index (χ1v) is 10.8. The van der Waals surface area contributed by atoms with E-state index in [0.717, 1.165) is 62.8 Å². The molecule has 160 valence electrons. The van der Waals surface area contributed by atoms with Crippen LogP contribution < -0.4 is 25.4 Å². The third-order valence-corrected chi connectivity index (χ3v) is 5.43. The Morgan fingerprint density at radius 1 is 0.967 bits per heavy atom. The zero-order valence-corrected chi connectivity index (χ0v) is 17.4. The maximum Gasteiger partial charge on any atom is 0.193 e. The summed E-state index contributed by atoms with van der Waals surface area (Å²) in [5, 5.41) is 3.15. The van der Waals surface area contributed by atoms with Crippen molar-refractivity contribution >= 4 is 17.3 Å². The summed E-state index contributed by atoms with van der Waals surface area (Å²) in [6.45, 7) is 7.42. The lowest BCUT2D eigenvalue weighted by Crippen LogP contribution is -2.46. The Kier molecular flexibility index (Phi) is 6.92. The third-order valence-electron chi connectivity index (χ3n) is 5.43. The number of fused-ring (bicyclic) bond motifs is 1. The molecule has 1 saturated heterocycles. The zero-order valence-electron chi connectivity index (χ0n) is 17.4. The van der Waals surface area contributed by atoms with Gasteiger partial charge in [-0.05, 0) is 30.7 Å². The lowest BCUT2D eigenvalue weighted by molar-refractivity contribution is 0.256. The Labute approximate surface area is 178 Å². The van der Waals surface area contributed by atoms with Gasteiger partial charge in [-0.3, -0.25) is 9.89 Å². The predicted octanol–water partition coefficient (Wildman–Crippen LogP) is 2.79. The molecule has 0 aliphatic carbocycles. The average molecular weight is 410 g/mol. The van der Waals surface area contributed by atoms with Crippen molar-refractivity contribution in [2.45, 2.75) is 12.8 Å². The van der Waals surface area contributed by atoms with Gasteiger partial charge in [-0.25, -0.2) is 0 Å². The van der Waals surface area contributed by atoms with E-state index in [1.165, 1.54) is 5.69 Å². The fourth-order valence-corrected chi connectivity index (χ4v) is 3.79. The van der Waals surface area contributed by atoms with Gasteiger partial charge in [0.15, 0.2) is 17.5 Å². The van der Waals surface area contributed by atoms with Gasteiger partial charge in [-0.1, -0.05) is 18.2 Å². The first kappa shape index (κ1) is 20.3. The van der Waals surface area contributed by atoms with Gasteiger partial charge in [-0.15, -0.1) is 0 Å². The number of para-hydroxylation sites is 1. The Balaban J connectivity index is 1.18. The van der Waals surface area contributed by atoms with Crippen LogP contribution in [0.1, 0.15) is 12.8 Å². The Hall–Kier alpha value is -2.93. The summed E-state index contributed by atoms with van der Waals surface area (Å²) < 4.78 is 11.4. The molecule has 2 aliphatic rings. The number of hydrogen-bond acceptors (Lipinski definition) is 5. The monoisotopic (exact) mass is 409 g/mol. The molecule has 2 aromatic carbocycles. The van der Waals surface area contributed by atoms with Crippen LogP contribution in [0.4, 0.5) is 11.4 Å². The topological polar surface area (TPSA) is 75.4 Å². The predicted molar refractivity (Wildman–Crippen MR) is 122 cm³/mol. The number of nitrogens with zero attached hydrogens (tertiary/aromatic N) is 3. The molecule has 0 saturated carbocycles. The van der Waals surface area contributed by atoms with Gasteiger partial charge in [0.05, 0.1) is 13.2 Å². The number of aliphatic imine (C=N–C) groups is 1. The van der Waals surface area contributed by atoms with E-state index < -0.39 is 0 Å². The number of nitrogens with two attached hydrogens (primary N) is 1. The molecule has 0 bridgehead atoms. The number of rotatable bonds is 6. The zero-order chi connectivity index (χ0) is 20.6. The second-order valence-corrected chi connectivity index (χ2v) is 7.62. The fourth-order valence-electron chi connectivity index (χ4n) is 3.79. The SMILES string of the molecule is NC(=NCCCN1CCN(c2ccccc2)CC1)Nc1ccc2c(c1)OCCCO2. The minimum atomic E-state index is 0.429. The maximum absolute atomic E-state index is 6.06. The van der Waals surface area contributed by atoms with E-state index in [4.69, 9.17) is 15.2 Å². The van der Waals surface area contributed by atoms with Gasteiger partial charge < -0.3 is 25.4 Å². The molecule has 30 heavy (non-hydrogen) atoms.